The van der Waals surface area contributed by atoms with Crippen molar-refractivity contribution in [1.29, 1.82) is 0 Å². The number of hydrogen-bond donors (Lipinski definition) is 0. The van der Waals surface area contributed by atoms with E-state index in [-0.39, 0.29) is 11.8 Å². The first-order valence-electron chi connectivity index (χ1n) is 9.04. The van der Waals surface area contributed by atoms with Gasteiger partial charge in [-0.2, -0.15) is 10.1 Å². The minimum atomic E-state index is 0.0406. The van der Waals surface area contributed by atoms with E-state index < -0.39 is 0 Å². The second-order valence-electron chi connectivity index (χ2n) is 6.56. The van der Waals surface area contributed by atoms with Gasteiger partial charge in [0.2, 0.25) is 0 Å². The van der Waals surface area contributed by atoms with E-state index in [2.05, 4.69) is 21.6 Å². The van der Waals surface area contributed by atoms with Crippen LogP contribution in [-0.2, 0) is 0 Å². The van der Waals surface area contributed by atoms with Crippen molar-refractivity contribution in [2.75, 3.05) is 19.7 Å². The first-order valence-corrected chi connectivity index (χ1v) is 9.04. The van der Waals surface area contributed by atoms with E-state index in [0.29, 0.717) is 24.5 Å². The Kier molecular flexibility index (Phi) is 4.82. The predicted octanol–water partition coefficient (Wildman–Crippen LogP) is 2.71. The number of likely N-dealkylation sites (tertiary alicyclic amines) is 1. The third-order valence-electron chi connectivity index (χ3n) is 4.81. The quantitative estimate of drug-likeness (QED) is 0.652. The lowest BCUT2D eigenvalue weighted by molar-refractivity contribution is 0.0705. The van der Waals surface area contributed by atoms with Crippen molar-refractivity contribution in [2.45, 2.75) is 18.8 Å². The summed E-state index contributed by atoms with van der Waals surface area (Å²) in [5.74, 6) is 1.57. The highest BCUT2D eigenvalue weighted by Gasteiger charge is 2.27. The zero-order chi connectivity index (χ0) is 18.6. The molecule has 3 aromatic rings. The molecule has 1 atom stereocenters. The maximum absolute atomic E-state index is 12.9. The molecule has 1 aliphatic rings. The van der Waals surface area contributed by atoms with Crippen LogP contribution >= 0.6 is 0 Å². The van der Waals surface area contributed by atoms with Gasteiger partial charge in [-0.3, -0.25) is 4.79 Å². The summed E-state index contributed by atoms with van der Waals surface area (Å²) in [5.41, 5.74) is 1.71. The minimum Gasteiger partial charge on any atom is -0.490 e. The van der Waals surface area contributed by atoms with Gasteiger partial charge in [0.05, 0.1) is 5.69 Å². The van der Waals surface area contributed by atoms with Crippen LogP contribution in [0.25, 0.3) is 5.78 Å². The zero-order valence-corrected chi connectivity index (χ0v) is 15.0. The number of hydrogen-bond acceptors (Lipinski definition) is 5. The second kappa shape index (κ2) is 7.57. The molecule has 1 fully saturated rings. The molecule has 4 rings (SSSR count). The van der Waals surface area contributed by atoms with E-state index in [1.807, 2.05) is 35.2 Å². The Hall–Kier alpha value is -3.22. The van der Waals surface area contributed by atoms with Gasteiger partial charge in [-0.05, 0) is 43.2 Å². The van der Waals surface area contributed by atoms with Crippen LogP contribution < -0.4 is 4.74 Å². The van der Waals surface area contributed by atoms with Gasteiger partial charge in [-0.15, -0.1) is 0 Å². The Balaban J connectivity index is 1.50. The summed E-state index contributed by atoms with van der Waals surface area (Å²) in [5, 5.41) is 4.27. The Morgan fingerprint density at radius 1 is 1.26 bits per heavy atom. The Morgan fingerprint density at radius 3 is 2.93 bits per heavy atom. The van der Waals surface area contributed by atoms with E-state index in [1.54, 1.807) is 16.8 Å². The number of carbonyl (C=O) groups is 1. The summed E-state index contributed by atoms with van der Waals surface area (Å²) >= 11 is 0. The smallest absolute Gasteiger partial charge is 0.253 e. The fourth-order valence-corrected chi connectivity index (χ4v) is 3.50. The number of aromatic nitrogens is 4. The fourth-order valence-electron chi connectivity index (χ4n) is 3.50. The average molecular weight is 363 g/mol. The highest BCUT2D eigenvalue weighted by atomic mass is 16.5. The molecule has 1 unspecified atom stereocenters. The monoisotopic (exact) mass is 363 g/mol. The van der Waals surface area contributed by atoms with Crippen LogP contribution in [0.4, 0.5) is 0 Å². The molecular formula is C20H21N5O2. The lowest BCUT2D eigenvalue weighted by atomic mass is 9.94. The Labute approximate surface area is 157 Å². The number of ether oxygens (including phenoxy) is 1. The zero-order valence-electron chi connectivity index (χ0n) is 15.0. The van der Waals surface area contributed by atoms with Crippen LogP contribution in [0.1, 0.15) is 34.8 Å². The summed E-state index contributed by atoms with van der Waals surface area (Å²) in [6.45, 7) is 5.50. The van der Waals surface area contributed by atoms with Gasteiger partial charge in [-0.25, -0.2) is 9.50 Å². The minimum absolute atomic E-state index is 0.0406. The lowest BCUT2D eigenvalue weighted by Crippen LogP contribution is -2.39. The van der Waals surface area contributed by atoms with Gasteiger partial charge in [-0.1, -0.05) is 12.7 Å². The van der Waals surface area contributed by atoms with Crippen molar-refractivity contribution in [3.8, 4) is 5.75 Å². The van der Waals surface area contributed by atoms with Gasteiger partial charge in [0.15, 0.2) is 0 Å². The third-order valence-corrected chi connectivity index (χ3v) is 4.81. The average Bonchev–Trinajstić information content (AvgIpc) is 3.21. The van der Waals surface area contributed by atoms with Crippen LogP contribution in [0.2, 0.25) is 0 Å². The molecule has 0 aliphatic carbocycles. The second-order valence-corrected chi connectivity index (χ2v) is 6.56. The first kappa shape index (κ1) is 17.2. The molecule has 1 aliphatic heterocycles. The predicted molar refractivity (Wildman–Crippen MR) is 101 cm³/mol. The Morgan fingerprint density at radius 2 is 2.11 bits per heavy atom. The Bertz CT molecular complexity index is 950. The van der Waals surface area contributed by atoms with E-state index >= 15 is 0 Å². The molecule has 0 radical (unpaired) electrons. The van der Waals surface area contributed by atoms with Crippen LogP contribution in [-0.4, -0.2) is 50.1 Å². The van der Waals surface area contributed by atoms with E-state index in [4.69, 9.17) is 4.74 Å². The van der Waals surface area contributed by atoms with Crippen molar-refractivity contribution in [1.82, 2.24) is 24.5 Å². The number of rotatable bonds is 5. The molecule has 1 saturated heterocycles. The summed E-state index contributed by atoms with van der Waals surface area (Å²) in [7, 11) is 0. The van der Waals surface area contributed by atoms with Crippen molar-refractivity contribution in [3.63, 3.8) is 0 Å². The fraction of sp³-hybridized carbons (Fsp3) is 0.300. The first-order chi connectivity index (χ1) is 13.3. The van der Waals surface area contributed by atoms with Crippen LogP contribution in [0, 0.1) is 0 Å². The van der Waals surface area contributed by atoms with E-state index in [0.717, 1.165) is 30.8 Å². The molecule has 7 nitrogen and oxygen atoms in total. The molecular weight excluding hydrogens is 342 g/mol. The summed E-state index contributed by atoms with van der Waals surface area (Å²) in [6.07, 6.45) is 6.92. The molecule has 1 aromatic carbocycles. The van der Waals surface area contributed by atoms with Crippen LogP contribution in [0.5, 0.6) is 5.75 Å². The number of fused-ring (bicyclic) bond motifs is 1. The standard InChI is InChI=1S/C20H21N5O2/c1-2-12-27-17-7-5-15(6-8-17)19(26)24-11-3-4-16(13-24)18-9-10-21-20-22-14-23-25(18)20/h2,5-10,14,16H,1,3-4,11-13H2. The van der Waals surface area contributed by atoms with Gasteiger partial charge < -0.3 is 9.64 Å². The summed E-state index contributed by atoms with van der Waals surface area (Å²) in [6, 6.07) is 9.23. The number of amides is 1. The van der Waals surface area contributed by atoms with Crippen molar-refractivity contribution in [3.05, 3.63) is 66.8 Å². The van der Waals surface area contributed by atoms with Crippen molar-refractivity contribution in [2.24, 2.45) is 0 Å². The van der Waals surface area contributed by atoms with Crippen molar-refractivity contribution >= 4 is 11.7 Å². The molecule has 2 aromatic heterocycles. The highest BCUT2D eigenvalue weighted by Crippen LogP contribution is 2.27. The molecule has 3 heterocycles. The molecule has 7 heteroatoms. The normalized spacial score (nSPS) is 17.0. The highest BCUT2D eigenvalue weighted by molar-refractivity contribution is 5.94. The number of benzene rings is 1. The van der Waals surface area contributed by atoms with Crippen molar-refractivity contribution < 1.29 is 9.53 Å². The third kappa shape index (κ3) is 3.53. The number of piperidine rings is 1. The number of carbonyl (C=O) groups excluding carboxylic acids is 1. The van der Waals surface area contributed by atoms with Crippen LogP contribution in [0.15, 0.2) is 55.5 Å². The van der Waals surface area contributed by atoms with Crippen LogP contribution in [0.3, 0.4) is 0 Å². The number of nitrogens with zero attached hydrogens (tertiary/aromatic N) is 5. The molecule has 0 bridgehead atoms. The van der Waals surface area contributed by atoms with E-state index in [1.165, 1.54) is 6.33 Å². The molecule has 138 valence electrons. The largest absolute Gasteiger partial charge is 0.490 e. The van der Waals surface area contributed by atoms with Gasteiger partial charge >= 0.3 is 0 Å². The molecule has 27 heavy (non-hydrogen) atoms. The molecule has 1 amide bonds. The van der Waals surface area contributed by atoms with Gasteiger partial charge in [0, 0.05) is 30.8 Å². The molecule has 0 spiro atoms. The van der Waals surface area contributed by atoms with Gasteiger partial charge in [0.25, 0.3) is 11.7 Å². The lowest BCUT2D eigenvalue weighted by Gasteiger charge is -2.33. The summed E-state index contributed by atoms with van der Waals surface area (Å²) < 4.78 is 7.25. The maximum atomic E-state index is 12.9. The summed E-state index contributed by atoms with van der Waals surface area (Å²) in [4.78, 5) is 23.2. The topological polar surface area (TPSA) is 72.6 Å². The molecule has 0 N–H and O–H groups in total. The van der Waals surface area contributed by atoms with Gasteiger partial charge in [0.1, 0.15) is 18.7 Å². The SMILES string of the molecule is C=CCOc1ccc(C(=O)N2CCCC(c3ccnc4ncnn34)C2)cc1. The molecule has 0 saturated carbocycles. The van der Waals surface area contributed by atoms with E-state index in [9.17, 15) is 4.79 Å². The maximum Gasteiger partial charge on any atom is 0.253 e.